The molecular weight excluding hydrogens is 316 g/mol. The van der Waals surface area contributed by atoms with E-state index in [1.807, 2.05) is 48.5 Å². The molecule has 0 unspecified atom stereocenters. The fraction of sp³-hybridized carbons (Fsp3) is 0.350. The van der Waals surface area contributed by atoms with Crippen molar-refractivity contribution >= 4 is 11.7 Å². The largest absolute Gasteiger partial charge is 0.493 e. The maximum Gasteiger partial charge on any atom is 0.319 e. The first-order valence-electron chi connectivity index (χ1n) is 8.73. The number of ether oxygens (including phenoxy) is 2. The van der Waals surface area contributed by atoms with Crippen LogP contribution in [0.4, 0.5) is 10.5 Å². The molecule has 0 bridgehead atoms. The van der Waals surface area contributed by atoms with Gasteiger partial charge in [-0.15, -0.1) is 0 Å². The molecule has 2 aromatic carbocycles. The van der Waals surface area contributed by atoms with Crippen molar-refractivity contribution in [3.8, 4) is 17.2 Å². The fourth-order valence-corrected chi connectivity index (χ4v) is 3.04. The van der Waals surface area contributed by atoms with E-state index < -0.39 is 0 Å². The minimum atomic E-state index is -0.148. The Morgan fingerprint density at radius 3 is 2.32 bits per heavy atom. The average molecular weight is 340 g/mol. The molecule has 0 radical (unpaired) electrons. The van der Waals surface area contributed by atoms with Crippen LogP contribution in [0, 0.1) is 0 Å². The smallest absolute Gasteiger partial charge is 0.319 e. The van der Waals surface area contributed by atoms with E-state index in [9.17, 15) is 4.79 Å². The molecule has 0 spiro atoms. The predicted octanol–water partition coefficient (Wildman–Crippen LogP) is 4.94. The van der Waals surface area contributed by atoms with Gasteiger partial charge in [0.15, 0.2) is 11.5 Å². The SMILES string of the molecule is COc1ccccc1Oc1ccc(NC(=O)NC2CCCCC2)cc1. The standard InChI is InChI=1S/C20H24N2O3/c1-24-18-9-5-6-10-19(18)25-17-13-11-16(12-14-17)22-20(23)21-15-7-3-2-4-8-15/h5-6,9-15H,2-4,7-8H2,1H3,(H2,21,22,23). The summed E-state index contributed by atoms with van der Waals surface area (Å²) in [6.07, 6.45) is 5.80. The van der Waals surface area contributed by atoms with Crippen LogP contribution >= 0.6 is 0 Å². The van der Waals surface area contributed by atoms with Crippen LogP contribution < -0.4 is 20.1 Å². The topological polar surface area (TPSA) is 59.6 Å². The quantitative estimate of drug-likeness (QED) is 0.810. The summed E-state index contributed by atoms with van der Waals surface area (Å²) in [7, 11) is 1.61. The Hall–Kier alpha value is -2.69. The van der Waals surface area contributed by atoms with Crippen molar-refractivity contribution in [2.45, 2.75) is 38.1 Å². The molecule has 0 heterocycles. The highest BCUT2D eigenvalue weighted by Gasteiger charge is 2.15. The van der Waals surface area contributed by atoms with E-state index in [1.54, 1.807) is 7.11 Å². The highest BCUT2D eigenvalue weighted by molar-refractivity contribution is 5.89. The first-order chi connectivity index (χ1) is 12.2. The van der Waals surface area contributed by atoms with Crippen molar-refractivity contribution in [1.82, 2.24) is 5.32 Å². The minimum Gasteiger partial charge on any atom is -0.493 e. The van der Waals surface area contributed by atoms with Crippen LogP contribution in [0.2, 0.25) is 0 Å². The molecule has 1 aliphatic rings. The summed E-state index contributed by atoms with van der Waals surface area (Å²) in [4.78, 5) is 12.1. The number of amides is 2. The second-order valence-electron chi connectivity index (χ2n) is 6.21. The predicted molar refractivity (Wildman–Crippen MR) is 98.5 cm³/mol. The van der Waals surface area contributed by atoms with Crippen LogP contribution in [0.5, 0.6) is 17.2 Å². The highest BCUT2D eigenvalue weighted by Crippen LogP contribution is 2.31. The molecule has 0 saturated heterocycles. The zero-order valence-electron chi connectivity index (χ0n) is 14.5. The monoisotopic (exact) mass is 340 g/mol. The van der Waals surface area contributed by atoms with Gasteiger partial charge < -0.3 is 20.1 Å². The van der Waals surface area contributed by atoms with Crippen LogP contribution in [0.15, 0.2) is 48.5 Å². The van der Waals surface area contributed by atoms with Crippen molar-refractivity contribution in [2.75, 3.05) is 12.4 Å². The van der Waals surface area contributed by atoms with Crippen LogP contribution in [0.1, 0.15) is 32.1 Å². The van der Waals surface area contributed by atoms with Crippen molar-refractivity contribution in [2.24, 2.45) is 0 Å². The molecular formula is C20H24N2O3. The van der Waals surface area contributed by atoms with Crippen LogP contribution in [0.25, 0.3) is 0 Å². The molecule has 0 aliphatic heterocycles. The Bertz CT molecular complexity index is 694. The van der Waals surface area contributed by atoms with Crippen molar-refractivity contribution in [3.63, 3.8) is 0 Å². The molecule has 25 heavy (non-hydrogen) atoms. The van der Waals surface area contributed by atoms with Gasteiger partial charge >= 0.3 is 6.03 Å². The molecule has 1 saturated carbocycles. The number of rotatable bonds is 5. The van der Waals surface area contributed by atoms with E-state index in [-0.39, 0.29) is 6.03 Å². The van der Waals surface area contributed by atoms with E-state index in [4.69, 9.17) is 9.47 Å². The zero-order valence-corrected chi connectivity index (χ0v) is 14.5. The molecule has 1 fully saturated rings. The van der Waals surface area contributed by atoms with Crippen molar-refractivity contribution in [3.05, 3.63) is 48.5 Å². The number of benzene rings is 2. The second kappa shape index (κ2) is 8.42. The van der Waals surface area contributed by atoms with E-state index in [0.29, 0.717) is 23.3 Å². The molecule has 3 rings (SSSR count). The number of anilines is 1. The van der Waals surface area contributed by atoms with Crippen LogP contribution in [-0.2, 0) is 0 Å². The first-order valence-corrected chi connectivity index (χ1v) is 8.73. The molecule has 2 amide bonds. The van der Waals surface area contributed by atoms with E-state index in [0.717, 1.165) is 18.5 Å². The van der Waals surface area contributed by atoms with Gasteiger partial charge in [-0.05, 0) is 49.2 Å². The van der Waals surface area contributed by atoms with Gasteiger partial charge in [0.25, 0.3) is 0 Å². The van der Waals surface area contributed by atoms with Gasteiger partial charge in [-0.1, -0.05) is 31.4 Å². The van der Waals surface area contributed by atoms with Gasteiger partial charge in [0.05, 0.1) is 7.11 Å². The third-order valence-electron chi connectivity index (χ3n) is 4.35. The lowest BCUT2D eigenvalue weighted by Crippen LogP contribution is -2.38. The number of urea groups is 1. The maximum absolute atomic E-state index is 12.1. The zero-order chi connectivity index (χ0) is 17.5. The first kappa shape index (κ1) is 17.1. The Balaban J connectivity index is 1.55. The maximum atomic E-state index is 12.1. The van der Waals surface area contributed by atoms with Gasteiger partial charge in [0.1, 0.15) is 5.75 Å². The lowest BCUT2D eigenvalue weighted by molar-refractivity contribution is 0.244. The Kier molecular flexibility index (Phi) is 5.77. The minimum absolute atomic E-state index is 0.148. The number of hydrogen-bond donors (Lipinski definition) is 2. The molecule has 0 atom stereocenters. The third-order valence-corrected chi connectivity index (χ3v) is 4.35. The molecule has 132 valence electrons. The van der Waals surface area contributed by atoms with Gasteiger partial charge in [-0.3, -0.25) is 0 Å². The number of nitrogens with one attached hydrogen (secondary N) is 2. The Labute approximate surface area is 148 Å². The summed E-state index contributed by atoms with van der Waals surface area (Å²) < 4.78 is 11.1. The number of para-hydroxylation sites is 2. The van der Waals surface area contributed by atoms with Crippen LogP contribution in [-0.4, -0.2) is 19.2 Å². The lowest BCUT2D eigenvalue weighted by Gasteiger charge is -2.22. The second-order valence-corrected chi connectivity index (χ2v) is 6.21. The number of hydrogen-bond acceptors (Lipinski definition) is 3. The number of methoxy groups -OCH3 is 1. The summed E-state index contributed by atoms with van der Waals surface area (Å²) >= 11 is 0. The van der Waals surface area contributed by atoms with Crippen LogP contribution in [0.3, 0.4) is 0 Å². The Morgan fingerprint density at radius 2 is 1.64 bits per heavy atom. The van der Waals surface area contributed by atoms with E-state index in [1.165, 1.54) is 19.3 Å². The highest BCUT2D eigenvalue weighted by atomic mass is 16.5. The molecule has 0 aromatic heterocycles. The lowest BCUT2D eigenvalue weighted by atomic mass is 9.96. The summed E-state index contributed by atoms with van der Waals surface area (Å²) in [6.45, 7) is 0. The fourth-order valence-electron chi connectivity index (χ4n) is 3.04. The Morgan fingerprint density at radius 1 is 0.960 bits per heavy atom. The number of carbonyl (C=O) groups is 1. The summed E-state index contributed by atoms with van der Waals surface area (Å²) in [5, 5.41) is 5.91. The van der Waals surface area contributed by atoms with E-state index >= 15 is 0 Å². The van der Waals surface area contributed by atoms with Gasteiger partial charge in [-0.2, -0.15) is 0 Å². The molecule has 2 aromatic rings. The summed E-state index contributed by atoms with van der Waals surface area (Å²) in [6, 6.07) is 14.9. The van der Waals surface area contributed by atoms with Gasteiger partial charge in [-0.25, -0.2) is 4.79 Å². The van der Waals surface area contributed by atoms with Gasteiger partial charge in [0, 0.05) is 11.7 Å². The average Bonchev–Trinajstić information content (AvgIpc) is 2.64. The van der Waals surface area contributed by atoms with Crippen molar-refractivity contribution < 1.29 is 14.3 Å². The molecule has 5 heteroatoms. The molecule has 1 aliphatic carbocycles. The van der Waals surface area contributed by atoms with Gasteiger partial charge in [0.2, 0.25) is 0 Å². The normalized spacial score (nSPS) is 14.6. The molecule has 2 N–H and O–H groups in total. The van der Waals surface area contributed by atoms with E-state index in [2.05, 4.69) is 10.6 Å². The third kappa shape index (κ3) is 4.89. The van der Waals surface area contributed by atoms with Crippen molar-refractivity contribution in [1.29, 1.82) is 0 Å². The molecule has 5 nitrogen and oxygen atoms in total. The number of carbonyl (C=O) groups excluding carboxylic acids is 1. The summed E-state index contributed by atoms with van der Waals surface area (Å²) in [5.74, 6) is 2.01. The summed E-state index contributed by atoms with van der Waals surface area (Å²) in [5.41, 5.74) is 0.737.